The molecule has 5 nitrogen and oxygen atoms in total. The molecule has 5 heteroatoms. The van der Waals surface area contributed by atoms with Crippen LogP contribution in [-0.4, -0.2) is 20.1 Å². The molecule has 0 fully saturated rings. The molecule has 0 aliphatic heterocycles. The molecular formula is C18H17NO4. The van der Waals surface area contributed by atoms with Crippen LogP contribution in [0.2, 0.25) is 0 Å². The Morgan fingerprint density at radius 2 is 1.65 bits per heavy atom. The molecule has 0 spiro atoms. The highest BCUT2D eigenvalue weighted by atomic mass is 16.5. The number of hydrogen-bond acceptors (Lipinski definition) is 4. The van der Waals surface area contributed by atoms with Crippen LogP contribution in [-0.2, 0) is 0 Å². The van der Waals surface area contributed by atoms with E-state index in [1.54, 1.807) is 50.6 Å². The molecule has 1 N–H and O–H groups in total. The fourth-order valence-electron chi connectivity index (χ4n) is 2.41. The van der Waals surface area contributed by atoms with Gasteiger partial charge in [-0.3, -0.25) is 4.79 Å². The minimum absolute atomic E-state index is 0.289. The molecule has 1 amide bonds. The second-order valence-corrected chi connectivity index (χ2v) is 5.10. The van der Waals surface area contributed by atoms with Gasteiger partial charge in [-0.25, -0.2) is 0 Å². The lowest BCUT2D eigenvalue weighted by Gasteiger charge is -2.05. The number of carbonyl (C=O) groups excluding carboxylic acids is 1. The van der Waals surface area contributed by atoms with Crippen molar-refractivity contribution in [3.05, 3.63) is 53.8 Å². The fraction of sp³-hybridized carbons (Fsp3) is 0.167. The number of hydrogen-bond donors (Lipinski definition) is 1. The van der Waals surface area contributed by atoms with E-state index in [0.717, 1.165) is 22.4 Å². The first-order valence-electron chi connectivity index (χ1n) is 7.15. The van der Waals surface area contributed by atoms with Gasteiger partial charge < -0.3 is 19.2 Å². The van der Waals surface area contributed by atoms with Crippen molar-refractivity contribution in [1.82, 2.24) is 0 Å². The molecule has 1 aromatic heterocycles. The van der Waals surface area contributed by atoms with E-state index in [1.807, 2.05) is 13.0 Å². The Bertz CT molecular complexity index is 849. The van der Waals surface area contributed by atoms with E-state index in [9.17, 15) is 4.79 Å². The number of fused-ring (bicyclic) bond motifs is 1. The Morgan fingerprint density at radius 3 is 2.30 bits per heavy atom. The maximum Gasteiger partial charge on any atom is 0.291 e. The lowest BCUT2D eigenvalue weighted by Crippen LogP contribution is -2.11. The maximum absolute atomic E-state index is 12.4. The summed E-state index contributed by atoms with van der Waals surface area (Å²) in [5.74, 6) is 1.46. The summed E-state index contributed by atoms with van der Waals surface area (Å²) in [4.78, 5) is 12.4. The summed E-state index contributed by atoms with van der Waals surface area (Å²) < 4.78 is 16.0. The third-order valence-electron chi connectivity index (χ3n) is 3.70. The van der Waals surface area contributed by atoms with Crippen molar-refractivity contribution in [3.63, 3.8) is 0 Å². The van der Waals surface area contributed by atoms with Crippen LogP contribution in [0.25, 0.3) is 11.0 Å². The highest BCUT2D eigenvalue weighted by Gasteiger charge is 2.18. The van der Waals surface area contributed by atoms with Crippen molar-refractivity contribution in [2.45, 2.75) is 6.92 Å². The van der Waals surface area contributed by atoms with Crippen molar-refractivity contribution in [1.29, 1.82) is 0 Å². The fourth-order valence-corrected chi connectivity index (χ4v) is 2.41. The van der Waals surface area contributed by atoms with Gasteiger partial charge in [-0.15, -0.1) is 0 Å². The predicted octanol–water partition coefficient (Wildman–Crippen LogP) is 4.01. The third kappa shape index (κ3) is 2.85. The first kappa shape index (κ1) is 15.0. The number of anilines is 1. The van der Waals surface area contributed by atoms with Crippen LogP contribution in [0, 0.1) is 6.92 Å². The van der Waals surface area contributed by atoms with Gasteiger partial charge in [0.2, 0.25) is 0 Å². The summed E-state index contributed by atoms with van der Waals surface area (Å²) >= 11 is 0. The second kappa shape index (κ2) is 6.04. The quantitative estimate of drug-likeness (QED) is 0.791. The summed E-state index contributed by atoms with van der Waals surface area (Å²) in [5, 5.41) is 3.69. The van der Waals surface area contributed by atoms with Crippen LogP contribution >= 0.6 is 0 Å². The van der Waals surface area contributed by atoms with E-state index in [4.69, 9.17) is 13.9 Å². The predicted molar refractivity (Wildman–Crippen MR) is 88.5 cm³/mol. The van der Waals surface area contributed by atoms with Crippen LogP contribution < -0.4 is 14.8 Å². The van der Waals surface area contributed by atoms with Gasteiger partial charge in [0, 0.05) is 16.6 Å². The van der Waals surface area contributed by atoms with E-state index in [1.165, 1.54) is 0 Å². The average molecular weight is 311 g/mol. The van der Waals surface area contributed by atoms with E-state index < -0.39 is 0 Å². The van der Waals surface area contributed by atoms with Gasteiger partial charge >= 0.3 is 0 Å². The van der Waals surface area contributed by atoms with E-state index in [0.29, 0.717) is 17.0 Å². The molecule has 1 heterocycles. The lowest BCUT2D eigenvalue weighted by atomic mass is 10.1. The summed E-state index contributed by atoms with van der Waals surface area (Å²) in [5.41, 5.74) is 2.11. The van der Waals surface area contributed by atoms with Gasteiger partial charge in [-0.05, 0) is 49.4 Å². The minimum atomic E-state index is -0.289. The number of aryl methyl sites for hydroxylation is 1. The van der Waals surface area contributed by atoms with Gasteiger partial charge in [0.15, 0.2) is 5.76 Å². The van der Waals surface area contributed by atoms with Crippen molar-refractivity contribution >= 4 is 22.6 Å². The Morgan fingerprint density at radius 1 is 1.00 bits per heavy atom. The van der Waals surface area contributed by atoms with Gasteiger partial charge in [0.05, 0.1) is 14.2 Å². The van der Waals surface area contributed by atoms with Crippen LogP contribution in [0.15, 0.2) is 46.9 Å². The molecule has 0 unspecified atom stereocenters. The summed E-state index contributed by atoms with van der Waals surface area (Å²) in [6.07, 6.45) is 0. The molecule has 23 heavy (non-hydrogen) atoms. The van der Waals surface area contributed by atoms with E-state index >= 15 is 0 Å². The molecule has 3 aromatic rings. The SMILES string of the molecule is COc1ccc(NC(=O)c2oc3ccc(OC)cc3c2C)cc1. The highest BCUT2D eigenvalue weighted by Crippen LogP contribution is 2.29. The van der Waals surface area contributed by atoms with Crippen LogP contribution in [0.1, 0.15) is 16.1 Å². The monoisotopic (exact) mass is 311 g/mol. The molecule has 3 rings (SSSR count). The largest absolute Gasteiger partial charge is 0.497 e. The standard InChI is InChI=1S/C18H17NO4/c1-11-15-10-14(22-3)8-9-16(15)23-17(11)18(20)19-12-4-6-13(21-2)7-5-12/h4-10H,1-3H3,(H,19,20). The highest BCUT2D eigenvalue weighted by molar-refractivity contribution is 6.06. The average Bonchev–Trinajstić information content (AvgIpc) is 2.92. The number of furan rings is 1. The first-order chi connectivity index (χ1) is 11.1. The van der Waals surface area contributed by atoms with Crippen molar-refractivity contribution in [3.8, 4) is 11.5 Å². The number of benzene rings is 2. The molecule has 0 radical (unpaired) electrons. The van der Waals surface area contributed by atoms with Gasteiger partial charge in [0.1, 0.15) is 17.1 Å². The molecule has 0 bridgehead atoms. The van der Waals surface area contributed by atoms with Gasteiger partial charge in [-0.2, -0.15) is 0 Å². The van der Waals surface area contributed by atoms with Crippen molar-refractivity contribution in [2.24, 2.45) is 0 Å². The van der Waals surface area contributed by atoms with Crippen LogP contribution in [0.5, 0.6) is 11.5 Å². The Labute approximate surface area is 133 Å². The first-order valence-corrected chi connectivity index (χ1v) is 7.15. The topological polar surface area (TPSA) is 60.7 Å². The third-order valence-corrected chi connectivity index (χ3v) is 3.70. The number of rotatable bonds is 4. The second-order valence-electron chi connectivity index (χ2n) is 5.10. The number of carbonyl (C=O) groups is 1. The maximum atomic E-state index is 12.4. The summed E-state index contributed by atoms with van der Waals surface area (Å²) in [6.45, 7) is 1.86. The number of methoxy groups -OCH3 is 2. The molecule has 0 aliphatic rings. The van der Waals surface area contributed by atoms with Gasteiger partial charge in [0.25, 0.3) is 5.91 Å². The lowest BCUT2D eigenvalue weighted by molar-refractivity contribution is 0.0998. The Hall–Kier alpha value is -2.95. The molecule has 0 saturated carbocycles. The number of nitrogens with one attached hydrogen (secondary N) is 1. The van der Waals surface area contributed by atoms with Crippen molar-refractivity contribution < 1.29 is 18.7 Å². The molecular weight excluding hydrogens is 294 g/mol. The van der Waals surface area contributed by atoms with Crippen molar-refractivity contribution in [2.75, 3.05) is 19.5 Å². The van der Waals surface area contributed by atoms with Gasteiger partial charge in [-0.1, -0.05) is 0 Å². The molecule has 2 aromatic carbocycles. The summed E-state index contributed by atoms with van der Waals surface area (Å²) in [6, 6.07) is 12.6. The minimum Gasteiger partial charge on any atom is -0.497 e. The Balaban J connectivity index is 1.89. The summed E-state index contributed by atoms with van der Waals surface area (Å²) in [7, 11) is 3.20. The molecule has 0 saturated heterocycles. The zero-order chi connectivity index (χ0) is 16.4. The number of ether oxygens (including phenoxy) is 2. The molecule has 0 aliphatic carbocycles. The van der Waals surface area contributed by atoms with Crippen LogP contribution in [0.3, 0.4) is 0 Å². The normalized spacial score (nSPS) is 10.6. The van der Waals surface area contributed by atoms with E-state index in [-0.39, 0.29) is 5.91 Å². The number of amides is 1. The molecule has 0 atom stereocenters. The Kier molecular flexibility index (Phi) is 3.93. The van der Waals surface area contributed by atoms with Crippen LogP contribution in [0.4, 0.5) is 5.69 Å². The zero-order valence-corrected chi connectivity index (χ0v) is 13.2. The molecule has 118 valence electrons. The van der Waals surface area contributed by atoms with E-state index in [2.05, 4.69) is 5.32 Å². The smallest absolute Gasteiger partial charge is 0.291 e. The zero-order valence-electron chi connectivity index (χ0n) is 13.2.